The first-order chi connectivity index (χ1) is 8.24. The van der Waals surface area contributed by atoms with Crippen LogP contribution < -0.4 is 4.90 Å². The lowest BCUT2D eigenvalue weighted by Crippen LogP contribution is -2.58. The lowest BCUT2D eigenvalue weighted by molar-refractivity contribution is 0.00124. The molecule has 4 heteroatoms. The average Bonchev–Trinajstić information content (AvgIpc) is 2.29. The fourth-order valence-corrected chi connectivity index (χ4v) is 3.19. The zero-order chi connectivity index (χ0) is 11.8. The number of nitrogens with zero attached hydrogens (tertiary/aromatic N) is 1. The molecule has 2 heterocycles. The summed E-state index contributed by atoms with van der Waals surface area (Å²) in [6.07, 6.45) is 1.46. The van der Waals surface area contributed by atoms with Gasteiger partial charge in [-0.15, -0.1) is 0 Å². The zero-order valence-electron chi connectivity index (χ0n) is 9.55. The first-order valence-electron chi connectivity index (χ1n) is 6.04. The molecule has 17 heavy (non-hydrogen) atoms. The van der Waals surface area contributed by atoms with E-state index in [1.54, 1.807) is 0 Å². The van der Waals surface area contributed by atoms with Crippen molar-refractivity contribution in [1.29, 1.82) is 0 Å². The molecule has 2 aliphatic heterocycles. The lowest BCUT2D eigenvalue weighted by Gasteiger charge is -2.48. The molecule has 3 rings (SSSR count). The number of rotatable bonds is 1. The van der Waals surface area contributed by atoms with Gasteiger partial charge in [0.15, 0.2) is 0 Å². The number of hydrogen-bond donors (Lipinski definition) is 1. The second kappa shape index (κ2) is 4.59. The molecule has 0 spiro atoms. The Hall–Kier alpha value is -0.580. The van der Waals surface area contributed by atoms with Crippen molar-refractivity contribution in [3.05, 3.63) is 28.7 Å². The summed E-state index contributed by atoms with van der Waals surface area (Å²) in [6.45, 7) is 1.45. The Morgan fingerprint density at radius 3 is 2.29 bits per heavy atom. The van der Waals surface area contributed by atoms with Crippen LogP contribution in [0.5, 0.6) is 0 Å². The molecule has 0 amide bonds. The van der Waals surface area contributed by atoms with E-state index >= 15 is 0 Å². The van der Waals surface area contributed by atoms with Gasteiger partial charge in [-0.05, 0) is 37.1 Å². The summed E-state index contributed by atoms with van der Waals surface area (Å²) >= 11 is 3.46. The largest absolute Gasteiger partial charge is 0.393 e. The number of morpholine rings is 1. The number of ether oxygens (including phenoxy) is 1. The van der Waals surface area contributed by atoms with Gasteiger partial charge in [0, 0.05) is 10.2 Å². The van der Waals surface area contributed by atoms with Crippen molar-refractivity contribution in [2.24, 2.45) is 0 Å². The monoisotopic (exact) mass is 297 g/mol. The third-order valence-corrected chi connectivity index (χ3v) is 4.15. The van der Waals surface area contributed by atoms with Gasteiger partial charge >= 0.3 is 0 Å². The van der Waals surface area contributed by atoms with Crippen molar-refractivity contribution in [2.45, 2.75) is 31.0 Å². The third kappa shape index (κ3) is 2.21. The number of aliphatic hydroxyl groups excluding tert-OH is 1. The highest BCUT2D eigenvalue weighted by atomic mass is 79.9. The number of halogens is 1. The van der Waals surface area contributed by atoms with E-state index in [1.807, 2.05) is 0 Å². The Morgan fingerprint density at radius 1 is 1.12 bits per heavy atom. The normalized spacial score (nSPS) is 32.6. The third-order valence-electron chi connectivity index (χ3n) is 3.62. The standard InChI is InChI=1S/C13H16BrNO2/c14-9-1-3-10(4-2-9)15-11-5-13(16)6-12(15)8-17-7-11/h1-4,11-13,16H,5-8H2/t11-,12+,13-. The molecule has 0 aromatic heterocycles. The molecule has 92 valence electrons. The quantitative estimate of drug-likeness (QED) is 0.862. The fourth-order valence-electron chi connectivity index (χ4n) is 2.92. The van der Waals surface area contributed by atoms with Crippen molar-refractivity contribution in [2.75, 3.05) is 18.1 Å². The molecule has 1 aromatic carbocycles. The first-order valence-corrected chi connectivity index (χ1v) is 6.83. The summed E-state index contributed by atoms with van der Waals surface area (Å²) in [6, 6.07) is 9.03. The summed E-state index contributed by atoms with van der Waals surface area (Å²) in [5, 5.41) is 9.83. The summed E-state index contributed by atoms with van der Waals surface area (Å²) in [5.74, 6) is 0. The van der Waals surface area contributed by atoms with Crippen LogP contribution in [0.4, 0.5) is 5.69 Å². The Balaban J connectivity index is 1.89. The van der Waals surface area contributed by atoms with Crippen LogP contribution in [0, 0.1) is 0 Å². The van der Waals surface area contributed by atoms with Gasteiger partial charge in [-0.25, -0.2) is 0 Å². The van der Waals surface area contributed by atoms with E-state index in [0.717, 1.165) is 30.5 Å². The van der Waals surface area contributed by atoms with Crippen LogP contribution in [0.15, 0.2) is 28.7 Å². The minimum atomic E-state index is -0.166. The fraction of sp³-hybridized carbons (Fsp3) is 0.538. The lowest BCUT2D eigenvalue weighted by atomic mass is 9.91. The van der Waals surface area contributed by atoms with Crippen molar-refractivity contribution in [1.82, 2.24) is 0 Å². The van der Waals surface area contributed by atoms with Crippen LogP contribution in [0.25, 0.3) is 0 Å². The van der Waals surface area contributed by atoms with Gasteiger partial charge in [0.05, 0.1) is 31.4 Å². The molecule has 1 N–H and O–H groups in total. The maximum atomic E-state index is 9.83. The minimum absolute atomic E-state index is 0.166. The summed E-state index contributed by atoms with van der Waals surface area (Å²) in [4.78, 5) is 2.42. The van der Waals surface area contributed by atoms with Crippen LogP contribution in [0.3, 0.4) is 0 Å². The maximum Gasteiger partial charge on any atom is 0.0672 e. The Morgan fingerprint density at radius 2 is 1.71 bits per heavy atom. The topological polar surface area (TPSA) is 32.7 Å². The van der Waals surface area contributed by atoms with E-state index in [1.165, 1.54) is 5.69 Å². The smallest absolute Gasteiger partial charge is 0.0672 e. The SMILES string of the molecule is O[C@H]1C[C@H]2COC[C@@H](C1)N2c1ccc(Br)cc1. The van der Waals surface area contributed by atoms with Crippen molar-refractivity contribution in [3.8, 4) is 0 Å². The van der Waals surface area contributed by atoms with Crippen LogP contribution in [0.1, 0.15) is 12.8 Å². The van der Waals surface area contributed by atoms with Crippen molar-refractivity contribution >= 4 is 21.6 Å². The number of anilines is 1. The van der Waals surface area contributed by atoms with Crippen LogP contribution in [-0.2, 0) is 4.74 Å². The molecular weight excluding hydrogens is 282 g/mol. The summed E-state index contributed by atoms with van der Waals surface area (Å²) < 4.78 is 6.70. The van der Waals surface area contributed by atoms with Gasteiger partial charge in [0.2, 0.25) is 0 Å². The highest BCUT2D eigenvalue weighted by Gasteiger charge is 2.38. The molecule has 2 saturated heterocycles. The number of fused-ring (bicyclic) bond motifs is 2. The first kappa shape index (κ1) is 11.5. The van der Waals surface area contributed by atoms with Gasteiger partial charge in [-0.2, -0.15) is 0 Å². The van der Waals surface area contributed by atoms with Crippen LogP contribution >= 0.6 is 15.9 Å². The summed E-state index contributed by atoms with van der Waals surface area (Å²) in [7, 11) is 0. The van der Waals surface area contributed by atoms with Crippen molar-refractivity contribution in [3.63, 3.8) is 0 Å². The molecule has 3 nitrogen and oxygen atoms in total. The molecule has 0 unspecified atom stereocenters. The Kier molecular flexibility index (Phi) is 3.11. The molecule has 0 radical (unpaired) electrons. The van der Waals surface area contributed by atoms with Gasteiger partial charge < -0.3 is 14.7 Å². The number of hydrogen-bond acceptors (Lipinski definition) is 3. The van der Waals surface area contributed by atoms with E-state index in [0.29, 0.717) is 12.1 Å². The molecule has 1 aromatic rings. The van der Waals surface area contributed by atoms with E-state index in [4.69, 9.17) is 4.74 Å². The molecule has 0 aliphatic carbocycles. The highest BCUT2D eigenvalue weighted by Crippen LogP contribution is 2.33. The van der Waals surface area contributed by atoms with E-state index < -0.39 is 0 Å². The predicted octanol–water partition coefficient (Wildman–Crippen LogP) is 2.18. The molecule has 2 bridgehead atoms. The highest BCUT2D eigenvalue weighted by molar-refractivity contribution is 9.10. The number of aliphatic hydroxyl groups is 1. The van der Waals surface area contributed by atoms with E-state index in [2.05, 4.69) is 45.1 Å². The predicted molar refractivity (Wildman–Crippen MR) is 70.3 cm³/mol. The average molecular weight is 298 g/mol. The van der Waals surface area contributed by atoms with Gasteiger partial charge in [0.25, 0.3) is 0 Å². The second-order valence-corrected chi connectivity index (χ2v) is 5.77. The molecule has 0 saturated carbocycles. The van der Waals surface area contributed by atoms with E-state index in [9.17, 15) is 5.11 Å². The van der Waals surface area contributed by atoms with Gasteiger partial charge in [-0.1, -0.05) is 15.9 Å². The Labute approximate surface area is 110 Å². The number of benzene rings is 1. The van der Waals surface area contributed by atoms with Gasteiger partial charge in [0.1, 0.15) is 0 Å². The van der Waals surface area contributed by atoms with Crippen LogP contribution in [0.2, 0.25) is 0 Å². The maximum absolute atomic E-state index is 9.83. The van der Waals surface area contributed by atoms with Gasteiger partial charge in [-0.3, -0.25) is 0 Å². The zero-order valence-corrected chi connectivity index (χ0v) is 11.1. The van der Waals surface area contributed by atoms with Crippen LogP contribution in [-0.4, -0.2) is 36.5 Å². The summed E-state index contributed by atoms with van der Waals surface area (Å²) in [5.41, 5.74) is 1.23. The Bertz CT molecular complexity index is 381. The minimum Gasteiger partial charge on any atom is -0.393 e. The molecule has 3 atom stereocenters. The number of piperidine rings is 1. The second-order valence-electron chi connectivity index (χ2n) is 4.85. The van der Waals surface area contributed by atoms with E-state index in [-0.39, 0.29) is 6.10 Å². The molecular formula is C13H16BrNO2. The van der Waals surface area contributed by atoms with Crippen molar-refractivity contribution < 1.29 is 9.84 Å². The molecule has 2 fully saturated rings. The molecule has 2 aliphatic rings.